The number of hydrogen-bond acceptors (Lipinski definition) is 2. The zero-order chi connectivity index (χ0) is 11.1. The molecule has 1 heterocycles. The molecular formula is C11H13BrN2O. The lowest BCUT2D eigenvalue weighted by molar-refractivity contribution is 0.0954. The number of nitrogens with zero attached hydrogens (tertiary/aromatic N) is 1. The third-order valence-electron chi connectivity index (χ3n) is 1.82. The van der Waals surface area contributed by atoms with Crippen molar-refractivity contribution in [3.63, 3.8) is 0 Å². The van der Waals surface area contributed by atoms with Gasteiger partial charge in [-0.05, 0) is 41.4 Å². The van der Waals surface area contributed by atoms with Crippen LogP contribution in [0.25, 0.3) is 0 Å². The Morgan fingerprint density at radius 1 is 1.67 bits per heavy atom. The van der Waals surface area contributed by atoms with Crippen LogP contribution in [0.2, 0.25) is 0 Å². The van der Waals surface area contributed by atoms with E-state index in [1.807, 2.05) is 19.1 Å². The van der Waals surface area contributed by atoms with Gasteiger partial charge in [-0.25, -0.2) is 4.98 Å². The summed E-state index contributed by atoms with van der Waals surface area (Å²) in [7, 11) is 0. The number of nitrogens with one attached hydrogen (secondary N) is 1. The SMILES string of the molecule is C/C=C/CCNC(=O)c1ccnc(Br)c1. The molecule has 0 aromatic carbocycles. The summed E-state index contributed by atoms with van der Waals surface area (Å²) in [5.74, 6) is -0.0670. The summed E-state index contributed by atoms with van der Waals surface area (Å²) in [5.41, 5.74) is 0.623. The van der Waals surface area contributed by atoms with Crippen LogP contribution in [0.1, 0.15) is 23.7 Å². The van der Waals surface area contributed by atoms with Gasteiger partial charge >= 0.3 is 0 Å². The van der Waals surface area contributed by atoms with Crippen molar-refractivity contribution in [1.82, 2.24) is 10.3 Å². The van der Waals surface area contributed by atoms with Gasteiger partial charge in [-0.15, -0.1) is 0 Å². The maximum atomic E-state index is 11.6. The monoisotopic (exact) mass is 268 g/mol. The Hall–Kier alpha value is -1.16. The number of pyridine rings is 1. The molecule has 1 rings (SSSR count). The molecule has 1 aromatic rings. The molecule has 4 heteroatoms. The van der Waals surface area contributed by atoms with Crippen LogP contribution in [-0.4, -0.2) is 17.4 Å². The molecule has 1 amide bonds. The molecule has 3 nitrogen and oxygen atoms in total. The van der Waals surface area contributed by atoms with E-state index < -0.39 is 0 Å². The fraction of sp³-hybridized carbons (Fsp3) is 0.273. The van der Waals surface area contributed by atoms with E-state index in [0.29, 0.717) is 16.7 Å². The number of carbonyl (C=O) groups excluding carboxylic acids is 1. The van der Waals surface area contributed by atoms with Crippen LogP contribution >= 0.6 is 15.9 Å². The van der Waals surface area contributed by atoms with Gasteiger partial charge in [0, 0.05) is 18.3 Å². The van der Waals surface area contributed by atoms with Gasteiger partial charge in [-0.3, -0.25) is 4.79 Å². The average molecular weight is 269 g/mol. The second-order valence-corrected chi connectivity index (χ2v) is 3.79. The van der Waals surface area contributed by atoms with Crippen molar-refractivity contribution < 1.29 is 4.79 Å². The highest BCUT2D eigenvalue weighted by Gasteiger charge is 2.04. The number of aromatic nitrogens is 1. The normalized spacial score (nSPS) is 10.5. The van der Waals surface area contributed by atoms with E-state index >= 15 is 0 Å². The summed E-state index contributed by atoms with van der Waals surface area (Å²) in [5, 5.41) is 2.82. The summed E-state index contributed by atoms with van der Waals surface area (Å²) < 4.78 is 0.670. The van der Waals surface area contributed by atoms with Crippen LogP contribution in [0.15, 0.2) is 35.1 Å². The molecule has 0 radical (unpaired) electrons. The molecule has 0 aliphatic carbocycles. The second kappa shape index (κ2) is 6.35. The van der Waals surface area contributed by atoms with Crippen LogP contribution in [-0.2, 0) is 0 Å². The predicted octanol–water partition coefficient (Wildman–Crippen LogP) is 2.54. The first-order valence-electron chi connectivity index (χ1n) is 4.75. The van der Waals surface area contributed by atoms with Gasteiger partial charge < -0.3 is 5.32 Å². The number of halogens is 1. The van der Waals surface area contributed by atoms with Crippen molar-refractivity contribution >= 4 is 21.8 Å². The molecule has 0 bridgehead atoms. The van der Waals surface area contributed by atoms with E-state index in [-0.39, 0.29) is 5.91 Å². The Morgan fingerprint density at radius 3 is 3.13 bits per heavy atom. The Balaban J connectivity index is 2.47. The van der Waals surface area contributed by atoms with Gasteiger partial charge in [0.15, 0.2) is 0 Å². The number of hydrogen-bond donors (Lipinski definition) is 1. The highest BCUT2D eigenvalue weighted by molar-refractivity contribution is 9.10. The molecule has 15 heavy (non-hydrogen) atoms. The van der Waals surface area contributed by atoms with Crippen LogP contribution in [0.3, 0.4) is 0 Å². The first-order chi connectivity index (χ1) is 7.24. The molecule has 0 atom stereocenters. The second-order valence-electron chi connectivity index (χ2n) is 2.98. The van der Waals surface area contributed by atoms with E-state index in [4.69, 9.17) is 0 Å². The summed E-state index contributed by atoms with van der Waals surface area (Å²) in [6.45, 7) is 2.62. The van der Waals surface area contributed by atoms with Crippen LogP contribution in [0.4, 0.5) is 0 Å². The van der Waals surface area contributed by atoms with Gasteiger partial charge in [0.25, 0.3) is 5.91 Å². The lowest BCUT2D eigenvalue weighted by atomic mass is 10.2. The molecule has 0 fully saturated rings. The van der Waals surface area contributed by atoms with Crippen molar-refractivity contribution in [3.05, 3.63) is 40.6 Å². The van der Waals surface area contributed by atoms with Crippen LogP contribution < -0.4 is 5.32 Å². The van der Waals surface area contributed by atoms with Crippen molar-refractivity contribution in [3.8, 4) is 0 Å². The zero-order valence-corrected chi connectivity index (χ0v) is 10.1. The first kappa shape index (κ1) is 11.9. The Morgan fingerprint density at radius 2 is 2.47 bits per heavy atom. The van der Waals surface area contributed by atoms with Gasteiger partial charge in [0.05, 0.1) is 0 Å². The molecule has 1 N–H and O–H groups in total. The van der Waals surface area contributed by atoms with E-state index in [2.05, 4.69) is 26.2 Å². The fourth-order valence-electron chi connectivity index (χ4n) is 1.08. The smallest absolute Gasteiger partial charge is 0.251 e. The topological polar surface area (TPSA) is 42.0 Å². The molecule has 0 aliphatic heterocycles. The van der Waals surface area contributed by atoms with Gasteiger partial charge in [-0.1, -0.05) is 12.2 Å². The number of amides is 1. The summed E-state index contributed by atoms with van der Waals surface area (Å²) in [6.07, 6.45) is 6.44. The molecule has 0 spiro atoms. The first-order valence-corrected chi connectivity index (χ1v) is 5.54. The molecule has 0 saturated heterocycles. The lowest BCUT2D eigenvalue weighted by Gasteiger charge is -2.03. The molecule has 0 aliphatic rings. The van der Waals surface area contributed by atoms with E-state index in [0.717, 1.165) is 6.42 Å². The third-order valence-corrected chi connectivity index (χ3v) is 2.25. The Labute approximate surface area is 97.7 Å². The highest BCUT2D eigenvalue weighted by Crippen LogP contribution is 2.07. The quantitative estimate of drug-likeness (QED) is 0.518. The Bertz CT molecular complexity index is 363. The minimum atomic E-state index is -0.0670. The maximum absolute atomic E-state index is 11.6. The van der Waals surface area contributed by atoms with E-state index in [1.54, 1.807) is 18.3 Å². The van der Waals surface area contributed by atoms with Crippen LogP contribution in [0.5, 0.6) is 0 Å². The summed E-state index contributed by atoms with van der Waals surface area (Å²) in [6, 6.07) is 3.39. The average Bonchev–Trinajstić information content (AvgIpc) is 2.24. The van der Waals surface area contributed by atoms with Crippen molar-refractivity contribution in [1.29, 1.82) is 0 Å². The molecular weight excluding hydrogens is 256 g/mol. The summed E-state index contributed by atoms with van der Waals surface area (Å²) >= 11 is 3.22. The number of carbonyl (C=O) groups is 1. The minimum absolute atomic E-state index is 0.0670. The van der Waals surface area contributed by atoms with E-state index in [9.17, 15) is 4.79 Å². The Kier molecular flexibility index (Phi) is 5.04. The highest BCUT2D eigenvalue weighted by atomic mass is 79.9. The molecule has 1 aromatic heterocycles. The fourth-order valence-corrected chi connectivity index (χ4v) is 1.45. The number of rotatable bonds is 4. The summed E-state index contributed by atoms with van der Waals surface area (Å²) in [4.78, 5) is 15.5. The van der Waals surface area contributed by atoms with E-state index in [1.165, 1.54) is 0 Å². The largest absolute Gasteiger partial charge is 0.352 e. The van der Waals surface area contributed by atoms with Gasteiger partial charge in [0.2, 0.25) is 0 Å². The van der Waals surface area contributed by atoms with Crippen molar-refractivity contribution in [2.24, 2.45) is 0 Å². The predicted molar refractivity (Wildman–Crippen MR) is 63.7 cm³/mol. The van der Waals surface area contributed by atoms with Crippen molar-refractivity contribution in [2.45, 2.75) is 13.3 Å². The zero-order valence-electron chi connectivity index (χ0n) is 8.53. The van der Waals surface area contributed by atoms with Crippen LogP contribution in [0, 0.1) is 0 Å². The molecule has 0 unspecified atom stereocenters. The van der Waals surface area contributed by atoms with Gasteiger partial charge in [-0.2, -0.15) is 0 Å². The third kappa shape index (κ3) is 4.25. The number of allylic oxidation sites excluding steroid dienone is 1. The maximum Gasteiger partial charge on any atom is 0.251 e. The van der Waals surface area contributed by atoms with Crippen molar-refractivity contribution in [2.75, 3.05) is 6.54 Å². The molecule has 0 saturated carbocycles. The minimum Gasteiger partial charge on any atom is -0.352 e. The standard InChI is InChI=1S/C11H13BrN2O/c1-2-3-4-6-14-11(15)9-5-7-13-10(12)8-9/h2-3,5,7-8H,4,6H2,1H3,(H,14,15)/b3-2+. The lowest BCUT2D eigenvalue weighted by Crippen LogP contribution is -2.24. The van der Waals surface area contributed by atoms with Gasteiger partial charge in [0.1, 0.15) is 4.60 Å². The molecule has 80 valence electrons.